The molecule has 2 aromatic heterocycles. The highest BCUT2D eigenvalue weighted by atomic mass is 16.6. The molecule has 0 radical (unpaired) electrons. The summed E-state index contributed by atoms with van der Waals surface area (Å²) < 4.78 is 4.64. The average Bonchev–Trinajstić information content (AvgIpc) is 2.30. The predicted octanol–water partition coefficient (Wildman–Crippen LogP) is 0.996. The predicted molar refractivity (Wildman–Crippen MR) is 55.5 cm³/mol. The highest BCUT2D eigenvalue weighted by molar-refractivity contribution is 5.67. The van der Waals surface area contributed by atoms with Crippen LogP contribution in [0.1, 0.15) is 0 Å². The molecule has 0 fully saturated rings. The second-order valence-corrected chi connectivity index (χ2v) is 2.88. The van der Waals surface area contributed by atoms with Crippen LogP contribution < -0.4 is 10.5 Å². The molecule has 0 aliphatic rings. The van der Waals surface area contributed by atoms with E-state index in [4.69, 9.17) is 5.73 Å². The summed E-state index contributed by atoms with van der Waals surface area (Å²) in [7, 11) is 0. The zero-order valence-electron chi connectivity index (χ0n) is 8.20. The van der Waals surface area contributed by atoms with E-state index in [9.17, 15) is 4.79 Å². The highest BCUT2D eigenvalue weighted by Gasteiger charge is 2.04. The van der Waals surface area contributed by atoms with Gasteiger partial charge in [-0.3, -0.25) is 4.98 Å². The Bertz CT molecular complexity index is 501. The molecule has 0 aromatic carbocycles. The van der Waals surface area contributed by atoms with Gasteiger partial charge in [0.15, 0.2) is 5.82 Å². The second-order valence-electron chi connectivity index (χ2n) is 2.88. The van der Waals surface area contributed by atoms with Crippen molar-refractivity contribution in [2.24, 2.45) is 5.73 Å². The molecule has 80 valence electrons. The number of carbonyl (C=O) groups excluding carboxylic acids is 1. The van der Waals surface area contributed by atoms with Crippen LogP contribution >= 0.6 is 0 Å². The Morgan fingerprint density at radius 3 is 2.88 bits per heavy atom. The molecule has 16 heavy (non-hydrogen) atoms. The van der Waals surface area contributed by atoms with Gasteiger partial charge in [-0.05, 0) is 12.1 Å². The van der Waals surface area contributed by atoms with Crippen LogP contribution in [-0.4, -0.2) is 21.0 Å². The molecule has 6 nitrogen and oxygen atoms in total. The van der Waals surface area contributed by atoms with Gasteiger partial charge in [-0.15, -0.1) is 0 Å². The van der Waals surface area contributed by atoms with Gasteiger partial charge in [-0.1, -0.05) is 0 Å². The van der Waals surface area contributed by atoms with Crippen LogP contribution in [-0.2, 0) is 0 Å². The maximum atomic E-state index is 10.5. The van der Waals surface area contributed by atoms with Crippen LogP contribution in [0.5, 0.6) is 5.88 Å². The third kappa shape index (κ3) is 2.30. The van der Waals surface area contributed by atoms with Crippen molar-refractivity contribution in [2.45, 2.75) is 0 Å². The Balaban J connectivity index is 2.33. The molecule has 2 N–H and O–H groups in total. The van der Waals surface area contributed by atoms with E-state index in [1.54, 1.807) is 24.5 Å². The number of amides is 1. The summed E-state index contributed by atoms with van der Waals surface area (Å²) in [5, 5.41) is 0. The van der Waals surface area contributed by atoms with Gasteiger partial charge in [0, 0.05) is 30.2 Å². The Hall–Kier alpha value is -2.50. The van der Waals surface area contributed by atoms with Crippen molar-refractivity contribution in [3.8, 4) is 17.3 Å². The smallest absolute Gasteiger partial charge is 0.391 e. The zero-order chi connectivity index (χ0) is 11.4. The van der Waals surface area contributed by atoms with Gasteiger partial charge in [0.2, 0.25) is 5.88 Å². The molecule has 2 aromatic rings. The lowest BCUT2D eigenvalue weighted by atomic mass is 10.3. The van der Waals surface area contributed by atoms with E-state index >= 15 is 0 Å². The van der Waals surface area contributed by atoms with Crippen LogP contribution in [0.25, 0.3) is 11.4 Å². The van der Waals surface area contributed by atoms with E-state index in [1.165, 1.54) is 12.3 Å². The van der Waals surface area contributed by atoms with Gasteiger partial charge in [-0.2, -0.15) is 4.98 Å². The number of rotatable bonds is 2. The number of hydrogen-bond acceptors (Lipinski definition) is 5. The molecule has 0 saturated heterocycles. The fourth-order valence-corrected chi connectivity index (χ4v) is 1.14. The lowest BCUT2D eigenvalue weighted by Gasteiger charge is -2.02. The number of aromatic nitrogens is 3. The number of nitrogens with zero attached hydrogens (tertiary/aromatic N) is 3. The molecule has 1 amide bonds. The van der Waals surface area contributed by atoms with Crippen LogP contribution in [0, 0.1) is 0 Å². The Morgan fingerprint density at radius 2 is 2.19 bits per heavy atom. The SMILES string of the molecule is NC(=O)Oc1ccnc(-c2cccnc2)n1. The molecule has 0 aliphatic heterocycles. The van der Waals surface area contributed by atoms with Crippen molar-refractivity contribution in [1.29, 1.82) is 0 Å². The summed E-state index contributed by atoms with van der Waals surface area (Å²) in [5.41, 5.74) is 5.61. The molecule has 0 saturated carbocycles. The summed E-state index contributed by atoms with van der Waals surface area (Å²) >= 11 is 0. The third-order valence-corrected chi connectivity index (χ3v) is 1.75. The van der Waals surface area contributed by atoms with Gasteiger partial charge < -0.3 is 10.5 Å². The van der Waals surface area contributed by atoms with Crippen LogP contribution in [0.2, 0.25) is 0 Å². The average molecular weight is 216 g/mol. The van der Waals surface area contributed by atoms with Crippen LogP contribution in [0.3, 0.4) is 0 Å². The maximum absolute atomic E-state index is 10.5. The highest BCUT2D eigenvalue weighted by Crippen LogP contribution is 2.15. The Morgan fingerprint density at radius 1 is 1.31 bits per heavy atom. The normalized spacial score (nSPS) is 9.75. The first-order valence-electron chi connectivity index (χ1n) is 4.46. The molecule has 2 rings (SSSR count). The fourth-order valence-electron chi connectivity index (χ4n) is 1.14. The Kier molecular flexibility index (Phi) is 2.73. The summed E-state index contributed by atoms with van der Waals surface area (Å²) in [4.78, 5) is 22.5. The van der Waals surface area contributed by atoms with Gasteiger partial charge >= 0.3 is 6.09 Å². The molecule has 0 aliphatic carbocycles. The molecule has 0 unspecified atom stereocenters. The van der Waals surface area contributed by atoms with Crippen LogP contribution in [0.15, 0.2) is 36.8 Å². The summed E-state index contributed by atoms with van der Waals surface area (Å²) in [5.74, 6) is 0.535. The van der Waals surface area contributed by atoms with Gasteiger partial charge in [0.1, 0.15) is 0 Å². The van der Waals surface area contributed by atoms with Gasteiger partial charge in [0.05, 0.1) is 0 Å². The van der Waals surface area contributed by atoms with E-state index in [-0.39, 0.29) is 5.88 Å². The zero-order valence-corrected chi connectivity index (χ0v) is 8.20. The number of ether oxygens (including phenoxy) is 1. The quantitative estimate of drug-likeness (QED) is 0.808. The minimum atomic E-state index is -0.907. The fraction of sp³-hybridized carbons (Fsp3) is 0. The van der Waals surface area contributed by atoms with Crippen LogP contribution in [0.4, 0.5) is 4.79 Å². The van der Waals surface area contributed by atoms with Crippen molar-refractivity contribution < 1.29 is 9.53 Å². The summed E-state index contributed by atoms with van der Waals surface area (Å²) in [6, 6.07) is 5.02. The van der Waals surface area contributed by atoms with E-state index in [1.807, 2.05) is 0 Å². The summed E-state index contributed by atoms with van der Waals surface area (Å²) in [6.45, 7) is 0. The molecule has 0 bridgehead atoms. The van der Waals surface area contributed by atoms with E-state index < -0.39 is 6.09 Å². The first-order valence-corrected chi connectivity index (χ1v) is 4.46. The minimum absolute atomic E-state index is 0.112. The molecule has 2 heterocycles. The summed E-state index contributed by atoms with van der Waals surface area (Å²) in [6.07, 6.45) is 3.83. The molecular formula is C10H8N4O2. The lowest BCUT2D eigenvalue weighted by molar-refractivity contribution is 0.209. The number of hydrogen-bond donors (Lipinski definition) is 1. The standard InChI is InChI=1S/C10H8N4O2/c11-10(15)16-8-3-5-13-9(14-8)7-2-1-4-12-6-7/h1-6H,(H2,11,15). The van der Waals surface area contributed by atoms with Crippen molar-refractivity contribution in [2.75, 3.05) is 0 Å². The molecule has 0 spiro atoms. The van der Waals surface area contributed by atoms with Crippen molar-refractivity contribution in [1.82, 2.24) is 15.0 Å². The van der Waals surface area contributed by atoms with Gasteiger partial charge in [-0.25, -0.2) is 9.78 Å². The lowest BCUT2D eigenvalue weighted by Crippen LogP contribution is -2.17. The number of pyridine rings is 1. The second kappa shape index (κ2) is 4.35. The monoisotopic (exact) mass is 216 g/mol. The topological polar surface area (TPSA) is 91.0 Å². The first kappa shape index (κ1) is 10.0. The van der Waals surface area contributed by atoms with Crippen molar-refractivity contribution >= 4 is 6.09 Å². The molecule has 0 atom stereocenters. The van der Waals surface area contributed by atoms with E-state index in [0.717, 1.165) is 5.56 Å². The number of nitrogens with two attached hydrogens (primary N) is 1. The third-order valence-electron chi connectivity index (χ3n) is 1.75. The maximum Gasteiger partial charge on any atom is 0.411 e. The molecular weight excluding hydrogens is 208 g/mol. The minimum Gasteiger partial charge on any atom is -0.391 e. The Labute approximate surface area is 91.1 Å². The molecule has 6 heteroatoms. The van der Waals surface area contributed by atoms with E-state index in [2.05, 4.69) is 19.7 Å². The largest absolute Gasteiger partial charge is 0.411 e. The number of carbonyl (C=O) groups is 1. The van der Waals surface area contributed by atoms with Gasteiger partial charge in [0.25, 0.3) is 0 Å². The van der Waals surface area contributed by atoms with Crippen molar-refractivity contribution in [3.05, 3.63) is 36.8 Å². The van der Waals surface area contributed by atoms with E-state index in [0.29, 0.717) is 5.82 Å². The number of primary amides is 1. The first-order chi connectivity index (χ1) is 7.75. The van der Waals surface area contributed by atoms with Crippen molar-refractivity contribution in [3.63, 3.8) is 0 Å².